The van der Waals surface area contributed by atoms with Gasteiger partial charge < -0.3 is 5.32 Å². The fourth-order valence-electron chi connectivity index (χ4n) is 1.67. The Kier molecular flexibility index (Phi) is 6.70. The maximum atomic E-state index is 14.3. The molecule has 4 nitrogen and oxygen atoms in total. The van der Waals surface area contributed by atoms with Crippen molar-refractivity contribution in [2.45, 2.75) is 38.6 Å². The number of rotatable bonds is 8. The molecule has 1 atom stereocenters. The van der Waals surface area contributed by atoms with Crippen LogP contribution in [0.15, 0.2) is 17.0 Å². The van der Waals surface area contributed by atoms with Crippen molar-refractivity contribution in [1.82, 2.24) is 10.0 Å². The third-order valence-corrected chi connectivity index (χ3v) is 4.75. The topological polar surface area (TPSA) is 58.2 Å². The molecule has 0 radical (unpaired) electrons. The summed E-state index contributed by atoms with van der Waals surface area (Å²) in [5.41, 5.74) is -0.261. The van der Waals surface area contributed by atoms with E-state index in [4.69, 9.17) is 0 Å². The van der Waals surface area contributed by atoms with Gasteiger partial charge in [0.2, 0.25) is 10.0 Å². The highest BCUT2D eigenvalue weighted by Gasteiger charge is 2.23. The first-order valence-electron chi connectivity index (χ1n) is 7.00. The maximum Gasteiger partial charge on any atom is 0.243 e. The predicted molar refractivity (Wildman–Crippen MR) is 78.4 cm³/mol. The third-order valence-electron chi connectivity index (χ3n) is 3.31. The summed E-state index contributed by atoms with van der Waals surface area (Å²) in [6.45, 7) is 6.32. The Balaban J connectivity index is 3.07. The van der Waals surface area contributed by atoms with Crippen LogP contribution in [0.5, 0.6) is 0 Å². The van der Waals surface area contributed by atoms with Crippen molar-refractivity contribution in [3.63, 3.8) is 0 Å². The lowest BCUT2D eigenvalue weighted by atomic mass is 10.1. The van der Waals surface area contributed by atoms with Crippen LogP contribution in [-0.2, 0) is 16.6 Å². The van der Waals surface area contributed by atoms with Crippen molar-refractivity contribution in [3.05, 3.63) is 29.3 Å². The fraction of sp³-hybridized carbons (Fsp3) is 0.571. The highest BCUT2D eigenvalue weighted by Crippen LogP contribution is 2.21. The van der Waals surface area contributed by atoms with Crippen LogP contribution in [0, 0.1) is 17.6 Å². The molecule has 0 saturated carbocycles. The summed E-state index contributed by atoms with van der Waals surface area (Å²) >= 11 is 0. The minimum Gasteiger partial charge on any atom is -0.313 e. The summed E-state index contributed by atoms with van der Waals surface area (Å²) in [5, 5.41) is 2.79. The van der Waals surface area contributed by atoms with Crippen molar-refractivity contribution in [2.75, 3.05) is 13.1 Å². The van der Waals surface area contributed by atoms with Crippen molar-refractivity contribution >= 4 is 10.0 Å². The van der Waals surface area contributed by atoms with Gasteiger partial charge in [0.05, 0.1) is 0 Å². The van der Waals surface area contributed by atoms with E-state index < -0.39 is 26.6 Å². The van der Waals surface area contributed by atoms with Gasteiger partial charge in [-0.1, -0.05) is 27.2 Å². The third kappa shape index (κ3) is 4.72. The molecule has 120 valence electrons. The molecule has 0 amide bonds. The molecule has 1 aromatic carbocycles. The Morgan fingerprint density at radius 1 is 1.24 bits per heavy atom. The summed E-state index contributed by atoms with van der Waals surface area (Å²) in [4.78, 5) is -0.514. The van der Waals surface area contributed by atoms with Gasteiger partial charge in [0, 0.05) is 18.7 Å². The van der Waals surface area contributed by atoms with Crippen LogP contribution in [0.3, 0.4) is 0 Å². The molecule has 2 N–H and O–H groups in total. The second-order valence-corrected chi connectivity index (χ2v) is 6.72. The van der Waals surface area contributed by atoms with Crippen molar-refractivity contribution in [3.8, 4) is 0 Å². The minimum atomic E-state index is -3.98. The summed E-state index contributed by atoms with van der Waals surface area (Å²) in [6.07, 6.45) is 0.806. The number of nitrogens with one attached hydrogen (secondary N) is 2. The van der Waals surface area contributed by atoms with E-state index in [0.717, 1.165) is 18.6 Å². The van der Waals surface area contributed by atoms with E-state index in [-0.39, 0.29) is 24.6 Å². The molecular formula is C14H22F2N2O2S. The van der Waals surface area contributed by atoms with Gasteiger partial charge in [-0.05, 0) is 24.6 Å². The normalized spacial score (nSPS) is 13.4. The fourth-order valence-corrected chi connectivity index (χ4v) is 2.94. The molecule has 7 heteroatoms. The number of hydrogen-bond acceptors (Lipinski definition) is 3. The molecule has 0 bridgehead atoms. The summed E-state index contributed by atoms with van der Waals surface area (Å²) in [6, 6.07) is 1.94. The van der Waals surface area contributed by atoms with Gasteiger partial charge in [0.15, 0.2) is 5.82 Å². The quantitative estimate of drug-likeness (QED) is 0.773. The maximum absolute atomic E-state index is 14.3. The number of sulfonamides is 1. The van der Waals surface area contributed by atoms with Gasteiger partial charge in [0.1, 0.15) is 10.7 Å². The molecule has 0 aliphatic carbocycles. The second kappa shape index (κ2) is 7.82. The van der Waals surface area contributed by atoms with Crippen LogP contribution in [0.25, 0.3) is 0 Å². The van der Waals surface area contributed by atoms with Crippen LogP contribution in [0.4, 0.5) is 8.78 Å². The van der Waals surface area contributed by atoms with Crippen LogP contribution in [-0.4, -0.2) is 21.5 Å². The summed E-state index contributed by atoms with van der Waals surface area (Å²) < 4.78 is 54.5. The zero-order chi connectivity index (χ0) is 16.0. The van der Waals surface area contributed by atoms with E-state index in [1.165, 1.54) is 0 Å². The highest BCUT2D eigenvalue weighted by atomic mass is 32.2. The predicted octanol–water partition coefficient (Wildman–Crippen LogP) is 2.40. The lowest BCUT2D eigenvalue weighted by Crippen LogP contribution is -2.29. The van der Waals surface area contributed by atoms with E-state index in [1.807, 2.05) is 13.8 Å². The standard InChI is InChI=1S/C14H22F2N2O2S/c1-4-10(3)8-18-21(19,20)13-7-6-12(15)11(14(13)16)9-17-5-2/h6-7,10,17-18H,4-5,8-9H2,1-3H3. The Morgan fingerprint density at radius 2 is 1.90 bits per heavy atom. The monoisotopic (exact) mass is 320 g/mol. The molecular weight excluding hydrogens is 298 g/mol. The second-order valence-electron chi connectivity index (χ2n) is 4.98. The minimum absolute atomic E-state index is 0.0527. The Bertz CT molecular complexity index is 577. The van der Waals surface area contributed by atoms with E-state index >= 15 is 0 Å². The van der Waals surface area contributed by atoms with E-state index in [2.05, 4.69) is 10.0 Å². The van der Waals surface area contributed by atoms with Gasteiger partial charge in [0.25, 0.3) is 0 Å². The first-order chi connectivity index (χ1) is 9.83. The molecule has 0 spiro atoms. The molecule has 0 heterocycles. The molecule has 21 heavy (non-hydrogen) atoms. The Labute approximate surface area is 125 Å². The zero-order valence-electron chi connectivity index (χ0n) is 12.5. The lowest BCUT2D eigenvalue weighted by molar-refractivity contribution is 0.505. The van der Waals surface area contributed by atoms with Crippen LogP contribution in [0.2, 0.25) is 0 Å². The first-order valence-corrected chi connectivity index (χ1v) is 8.49. The number of hydrogen-bond donors (Lipinski definition) is 2. The average molecular weight is 320 g/mol. The molecule has 1 rings (SSSR count). The molecule has 0 fully saturated rings. The lowest BCUT2D eigenvalue weighted by Gasteiger charge is -2.13. The van der Waals surface area contributed by atoms with Gasteiger partial charge in [-0.3, -0.25) is 0 Å². The van der Waals surface area contributed by atoms with Crippen molar-refractivity contribution in [1.29, 1.82) is 0 Å². The van der Waals surface area contributed by atoms with E-state index in [9.17, 15) is 17.2 Å². The SMILES string of the molecule is CCNCc1c(F)ccc(S(=O)(=O)NCC(C)CC)c1F. The van der Waals surface area contributed by atoms with E-state index in [1.54, 1.807) is 6.92 Å². The van der Waals surface area contributed by atoms with Gasteiger partial charge in [-0.15, -0.1) is 0 Å². The average Bonchev–Trinajstić information content (AvgIpc) is 2.44. The zero-order valence-corrected chi connectivity index (χ0v) is 13.4. The van der Waals surface area contributed by atoms with Crippen molar-refractivity contribution in [2.24, 2.45) is 5.92 Å². The van der Waals surface area contributed by atoms with Gasteiger partial charge in [-0.2, -0.15) is 0 Å². The molecule has 0 aliphatic heterocycles. The number of halogens is 2. The highest BCUT2D eigenvalue weighted by molar-refractivity contribution is 7.89. The molecule has 0 aliphatic rings. The van der Waals surface area contributed by atoms with Crippen LogP contribution >= 0.6 is 0 Å². The molecule has 0 saturated heterocycles. The smallest absolute Gasteiger partial charge is 0.243 e. The molecule has 1 aromatic rings. The summed E-state index contributed by atoms with van der Waals surface area (Å²) in [7, 11) is -3.98. The molecule has 1 unspecified atom stereocenters. The summed E-state index contributed by atoms with van der Waals surface area (Å²) in [5.74, 6) is -1.65. The van der Waals surface area contributed by atoms with Crippen LogP contribution in [0.1, 0.15) is 32.8 Å². The van der Waals surface area contributed by atoms with E-state index in [0.29, 0.717) is 6.54 Å². The van der Waals surface area contributed by atoms with Crippen molar-refractivity contribution < 1.29 is 17.2 Å². The number of benzene rings is 1. The first kappa shape index (κ1) is 18.0. The Morgan fingerprint density at radius 3 is 2.48 bits per heavy atom. The van der Waals surface area contributed by atoms with Gasteiger partial charge >= 0.3 is 0 Å². The van der Waals surface area contributed by atoms with Crippen LogP contribution < -0.4 is 10.0 Å². The largest absolute Gasteiger partial charge is 0.313 e. The molecule has 0 aromatic heterocycles. The Hall–Kier alpha value is -1.05. The van der Waals surface area contributed by atoms with Gasteiger partial charge in [-0.25, -0.2) is 21.9 Å².